The zero-order valence-electron chi connectivity index (χ0n) is 19.3. The number of aromatic nitrogens is 1. The molecule has 1 aromatic heterocycles. The second-order valence-electron chi connectivity index (χ2n) is 7.56. The van der Waals surface area contributed by atoms with E-state index in [1.54, 1.807) is 62.9 Å². The van der Waals surface area contributed by atoms with Crippen LogP contribution in [0.1, 0.15) is 11.1 Å². The summed E-state index contributed by atoms with van der Waals surface area (Å²) < 4.78 is 59.7. The predicted molar refractivity (Wildman–Crippen MR) is 127 cm³/mol. The number of halogens is 3. The second-order valence-corrected chi connectivity index (χ2v) is 7.56. The summed E-state index contributed by atoms with van der Waals surface area (Å²) in [6.45, 7) is -0.172. The number of fused-ring (bicyclic) bond motifs is 1. The minimum absolute atomic E-state index is 0.172. The Bertz CT molecular complexity index is 1360. The smallest absolute Gasteiger partial charge is 0.416 e. The Morgan fingerprint density at radius 2 is 1.56 bits per heavy atom. The molecular weight excluding hydrogens is 477 g/mol. The molecule has 186 valence electrons. The Balaban J connectivity index is 1.37. The molecule has 0 radical (unpaired) electrons. The third-order valence-corrected chi connectivity index (χ3v) is 5.19. The molecule has 4 aromatic rings. The summed E-state index contributed by atoms with van der Waals surface area (Å²) >= 11 is 0. The molecule has 36 heavy (non-hydrogen) atoms. The van der Waals surface area contributed by atoms with Crippen LogP contribution < -0.4 is 19.5 Å². The van der Waals surface area contributed by atoms with Crippen LogP contribution in [0.25, 0.3) is 10.9 Å². The highest BCUT2D eigenvalue weighted by atomic mass is 19.4. The van der Waals surface area contributed by atoms with Crippen molar-refractivity contribution >= 4 is 22.7 Å². The molecule has 0 aliphatic heterocycles. The Hall–Kier alpha value is -4.47. The molecule has 1 heterocycles. The minimum atomic E-state index is -4.42. The van der Waals surface area contributed by atoms with Gasteiger partial charge in [-0.05, 0) is 54.1 Å². The number of hydrogen-bond donors (Lipinski definition) is 1. The molecule has 0 aliphatic carbocycles. The maximum Gasteiger partial charge on any atom is 0.416 e. The topological polar surface area (TPSA) is 78.9 Å². The Morgan fingerprint density at radius 1 is 0.889 bits per heavy atom. The zero-order valence-corrected chi connectivity index (χ0v) is 19.3. The first-order chi connectivity index (χ1) is 17.3. The summed E-state index contributed by atoms with van der Waals surface area (Å²) in [7, 11) is 3.09. The number of rotatable bonds is 7. The fourth-order valence-electron chi connectivity index (χ4n) is 3.36. The van der Waals surface area contributed by atoms with Crippen molar-refractivity contribution in [3.8, 4) is 23.0 Å². The number of hydrogen-bond acceptors (Lipinski definition) is 6. The number of methoxy groups -OCH3 is 2. The van der Waals surface area contributed by atoms with E-state index in [1.165, 1.54) is 12.1 Å². The molecule has 0 atom stereocenters. The van der Waals surface area contributed by atoms with Gasteiger partial charge in [-0.25, -0.2) is 4.79 Å². The van der Waals surface area contributed by atoms with Gasteiger partial charge in [-0.1, -0.05) is 12.1 Å². The van der Waals surface area contributed by atoms with E-state index in [-0.39, 0.29) is 6.61 Å². The monoisotopic (exact) mass is 498 g/mol. The van der Waals surface area contributed by atoms with Crippen molar-refractivity contribution in [1.29, 1.82) is 0 Å². The number of alkyl halides is 3. The first-order valence-corrected chi connectivity index (χ1v) is 10.7. The molecule has 0 spiro atoms. The summed E-state index contributed by atoms with van der Waals surface area (Å²) in [6.07, 6.45) is -3.55. The molecule has 4 rings (SSSR count). The van der Waals surface area contributed by atoms with Crippen LogP contribution in [0, 0.1) is 0 Å². The van der Waals surface area contributed by atoms with Crippen LogP contribution in [0.5, 0.6) is 23.0 Å². The van der Waals surface area contributed by atoms with Gasteiger partial charge >= 0.3 is 12.3 Å². The summed E-state index contributed by atoms with van der Waals surface area (Å²) in [6, 6.07) is 16.2. The molecule has 0 saturated heterocycles. The van der Waals surface area contributed by atoms with Crippen LogP contribution >= 0.6 is 0 Å². The van der Waals surface area contributed by atoms with Crippen molar-refractivity contribution in [3.05, 3.63) is 84.1 Å². The van der Waals surface area contributed by atoms with E-state index in [9.17, 15) is 18.0 Å². The van der Waals surface area contributed by atoms with Gasteiger partial charge in [0, 0.05) is 23.3 Å². The largest absolute Gasteiger partial charge is 0.493 e. The summed E-state index contributed by atoms with van der Waals surface area (Å²) in [5.74, 6) is 2.16. The van der Waals surface area contributed by atoms with E-state index in [0.29, 0.717) is 39.8 Å². The molecule has 10 heteroatoms. The van der Waals surface area contributed by atoms with Crippen molar-refractivity contribution in [2.24, 2.45) is 0 Å². The fourth-order valence-corrected chi connectivity index (χ4v) is 3.36. The van der Waals surface area contributed by atoms with Gasteiger partial charge in [0.05, 0.1) is 25.3 Å². The second kappa shape index (κ2) is 10.4. The lowest BCUT2D eigenvalue weighted by atomic mass is 10.1. The standard InChI is InChI=1S/C26H21F3N2O5/c1-33-23-13-20-21(14-24(23)34-2)30-12-11-22(20)36-19-9-7-18(8-10-19)31-25(32)35-15-16-3-5-17(6-4-16)26(27,28)29/h3-14H,15H2,1-2H3,(H,31,32). The summed E-state index contributed by atoms with van der Waals surface area (Å²) in [5, 5.41) is 3.29. The van der Waals surface area contributed by atoms with Gasteiger partial charge in [-0.2, -0.15) is 13.2 Å². The molecular formula is C26H21F3N2O5. The Kier molecular flexibility index (Phi) is 7.14. The van der Waals surface area contributed by atoms with Crippen molar-refractivity contribution in [1.82, 2.24) is 4.98 Å². The third-order valence-electron chi connectivity index (χ3n) is 5.19. The molecule has 1 amide bonds. The lowest BCUT2D eigenvalue weighted by Gasteiger charge is -2.13. The molecule has 7 nitrogen and oxygen atoms in total. The van der Waals surface area contributed by atoms with Gasteiger partial charge in [-0.3, -0.25) is 10.3 Å². The number of carbonyl (C=O) groups is 1. The maximum atomic E-state index is 12.6. The Morgan fingerprint density at radius 3 is 2.19 bits per heavy atom. The van der Waals surface area contributed by atoms with Crippen LogP contribution in [0.2, 0.25) is 0 Å². The van der Waals surface area contributed by atoms with Gasteiger partial charge < -0.3 is 18.9 Å². The highest BCUT2D eigenvalue weighted by Gasteiger charge is 2.29. The van der Waals surface area contributed by atoms with Crippen LogP contribution in [0.15, 0.2) is 72.9 Å². The first kappa shape index (κ1) is 24.6. The van der Waals surface area contributed by atoms with Gasteiger partial charge in [0.15, 0.2) is 11.5 Å². The van der Waals surface area contributed by atoms with Crippen molar-refractivity contribution in [3.63, 3.8) is 0 Å². The van der Waals surface area contributed by atoms with E-state index in [0.717, 1.165) is 17.5 Å². The minimum Gasteiger partial charge on any atom is -0.493 e. The molecule has 0 fully saturated rings. The Labute approximate surface area is 204 Å². The van der Waals surface area contributed by atoms with Crippen LogP contribution in [0.3, 0.4) is 0 Å². The van der Waals surface area contributed by atoms with Crippen LogP contribution in [-0.2, 0) is 17.5 Å². The molecule has 0 unspecified atom stereocenters. The van der Waals surface area contributed by atoms with E-state index in [1.807, 2.05) is 0 Å². The average molecular weight is 498 g/mol. The van der Waals surface area contributed by atoms with Crippen molar-refractivity contribution < 1.29 is 36.9 Å². The quantitative estimate of drug-likeness (QED) is 0.302. The highest BCUT2D eigenvalue weighted by Crippen LogP contribution is 2.37. The molecule has 0 aliphatic rings. The van der Waals surface area contributed by atoms with Gasteiger partial charge in [-0.15, -0.1) is 0 Å². The van der Waals surface area contributed by atoms with Gasteiger partial charge in [0.1, 0.15) is 18.1 Å². The molecule has 3 aromatic carbocycles. The fraction of sp³-hybridized carbons (Fsp3) is 0.154. The number of anilines is 1. The summed E-state index contributed by atoms with van der Waals surface area (Å²) in [5.41, 5.74) is 0.780. The van der Waals surface area contributed by atoms with E-state index in [2.05, 4.69) is 10.3 Å². The number of ether oxygens (including phenoxy) is 4. The van der Waals surface area contributed by atoms with Gasteiger partial charge in [0.25, 0.3) is 0 Å². The third kappa shape index (κ3) is 5.77. The van der Waals surface area contributed by atoms with Crippen LogP contribution in [0.4, 0.5) is 23.7 Å². The van der Waals surface area contributed by atoms with Gasteiger partial charge in [0.2, 0.25) is 0 Å². The summed E-state index contributed by atoms with van der Waals surface area (Å²) in [4.78, 5) is 16.4. The number of benzene rings is 3. The van der Waals surface area contributed by atoms with Crippen molar-refractivity contribution in [2.75, 3.05) is 19.5 Å². The zero-order chi connectivity index (χ0) is 25.7. The van der Waals surface area contributed by atoms with E-state index in [4.69, 9.17) is 18.9 Å². The molecule has 0 saturated carbocycles. The SMILES string of the molecule is COc1cc2nccc(Oc3ccc(NC(=O)OCc4ccc(C(F)(F)F)cc4)cc3)c2cc1OC. The highest BCUT2D eigenvalue weighted by molar-refractivity contribution is 5.88. The van der Waals surface area contributed by atoms with E-state index < -0.39 is 17.8 Å². The average Bonchev–Trinajstić information content (AvgIpc) is 2.87. The predicted octanol–water partition coefficient (Wildman–Crippen LogP) is 6.81. The number of nitrogens with one attached hydrogen (secondary N) is 1. The maximum absolute atomic E-state index is 12.6. The molecule has 0 bridgehead atoms. The number of pyridine rings is 1. The number of amides is 1. The lowest BCUT2D eigenvalue weighted by Crippen LogP contribution is -2.13. The van der Waals surface area contributed by atoms with Crippen LogP contribution in [-0.4, -0.2) is 25.3 Å². The lowest BCUT2D eigenvalue weighted by molar-refractivity contribution is -0.137. The number of nitrogens with zero attached hydrogens (tertiary/aromatic N) is 1. The molecule has 1 N–H and O–H groups in total. The number of carbonyl (C=O) groups excluding carboxylic acids is 1. The van der Waals surface area contributed by atoms with E-state index >= 15 is 0 Å². The van der Waals surface area contributed by atoms with Crippen molar-refractivity contribution in [2.45, 2.75) is 12.8 Å². The first-order valence-electron chi connectivity index (χ1n) is 10.7. The normalized spacial score (nSPS) is 11.1.